The Morgan fingerprint density at radius 2 is 2.13 bits per heavy atom. The van der Waals surface area contributed by atoms with Crippen molar-refractivity contribution in [2.75, 3.05) is 40.0 Å². The number of nitrogens with one attached hydrogen (secondary N) is 1. The van der Waals surface area contributed by atoms with E-state index in [1.54, 1.807) is 7.11 Å². The third kappa shape index (κ3) is 6.10. The molecule has 0 saturated heterocycles. The lowest BCUT2D eigenvalue weighted by Gasteiger charge is -2.10. The van der Waals surface area contributed by atoms with Gasteiger partial charge in [-0.25, -0.2) is 0 Å². The predicted octanol–water partition coefficient (Wildman–Crippen LogP) is 0.400. The van der Waals surface area contributed by atoms with E-state index in [1.807, 2.05) is 0 Å². The van der Waals surface area contributed by atoms with Crippen LogP contribution in [-0.2, 0) is 9.47 Å². The molecule has 1 aliphatic carbocycles. The molecule has 0 aromatic carbocycles. The summed E-state index contributed by atoms with van der Waals surface area (Å²) in [7, 11) is 1.67. The molecule has 0 heterocycles. The maximum atomic E-state index is 9.33. The largest absolute Gasteiger partial charge is 0.393 e. The van der Waals surface area contributed by atoms with Gasteiger partial charge in [-0.1, -0.05) is 0 Å². The summed E-state index contributed by atoms with van der Waals surface area (Å²) < 4.78 is 10.2. The molecular formula is C11H23NO3. The van der Waals surface area contributed by atoms with Crippen LogP contribution in [0.5, 0.6) is 0 Å². The highest BCUT2D eigenvalue weighted by atomic mass is 16.5. The molecule has 0 aromatic rings. The number of aliphatic hydroxyl groups is 1. The minimum Gasteiger partial charge on any atom is -0.393 e. The number of hydrogen-bond donors (Lipinski definition) is 2. The van der Waals surface area contributed by atoms with Crippen molar-refractivity contribution in [1.29, 1.82) is 0 Å². The van der Waals surface area contributed by atoms with Gasteiger partial charge in [-0.05, 0) is 31.7 Å². The van der Waals surface area contributed by atoms with Crippen molar-refractivity contribution in [2.45, 2.75) is 25.4 Å². The predicted molar refractivity (Wildman–Crippen MR) is 58.9 cm³/mol. The summed E-state index contributed by atoms with van der Waals surface area (Å²) in [5.74, 6) is 0.652. The molecule has 2 unspecified atom stereocenters. The van der Waals surface area contributed by atoms with Gasteiger partial charge in [0.15, 0.2) is 0 Å². The molecule has 0 amide bonds. The zero-order chi connectivity index (χ0) is 10.9. The Bertz CT molecular complexity index is 155. The van der Waals surface area contributed by atoms with Crippen LogP contribution < -0.4 is 5.32 Å². The van der Waals surface area contributed by atoms with Gasteiger partial charge in [0.05, 0.1) is 25.9 Å². The lowest BCUT2D eigenvalue weighted by Crippen LogP contribution is -2.26. The smallest absolute Gasteiger partial charge is 0.0700 e. The fourth-order valence-electron chi connectivity index (χ4n) is 1.93. The van der Waals surface area contributed by atoms with Gasteiger partial charge in [-0.15, -0.1) is 0 Å². The molecule has 0 bridgehead atoms. The van der Waals surface area contributed by atoms with Gasteiger partial charge in [0, 0.05) is 13.7 Å². The highest BCUT2D eigenvalue weighted by Gasteiger charge is 2.21. The summed E-state index contributed by atoms with van der Waals surface area (Å²) in [4.78, 5) is 0. The lowest BCUT2D eigenvalue weighted by molar-refractivity contribution is 0.0716. The van der Waals surface area contributed by atoms with Crippen LogP contribution in [0, 0.1) is 5.92 Å². The fraction of sp³-hybridized carbons (Fsp3) is 1.00. The Morgan fingerprint density at radius 3 is 2.80 bits per heavy atom. The summed E-state index contributed by atoms with van der Waals surface area (Å²) in [6, 6.07) is 0. The molecule has 90 valence electrons. The minimum atomic E-state index is -0.0604. The summed E-state index contributed by atoms with van der Waals surface area (Å²) >= 11 is 0. The van der Waals surface area contributed by atoms with Gasteiger partial charge < -0.3 is 19.9 Å². The molecule has 0 aliphatic heterocycles. The van der Waals surface area contributed by atoms with Crippen LogP contribution in [0.1, 0.15) is 19.3 Å². The average molecular weight is 217 g/mol. The Kier molecular flexibility index (Phi) is 6.92. The van der Waals surface area contributed by atoms with Crippen LogP contribution in [0.25, 0.3) is 0 Å². The molecule has 0 aromatic heterocycles. The molecule has 0 radical (unpaired) electrons. The molecule has 1 rings (SSSR count). The normalized spacial score (nSPS) is 26.0. The van der Waals surface area contributed by atoms with Crippen LogP contribution in [0.3, 0.4) is 0 Å². The second-order valence-corrected chi connectivity index (χ2v) is 4.14. The molecular weight excluding hydrogens is 194 g/mol. The van der Waals surface area contributed by atoms with E-state index >= 15 is 0 Å². The third-order valence-corrected chi connectivity index (χ3v) is 2.80. The molecule has 2 atom stereocenters. The van der Waals surface area contributed by atoms with E-state index in [0.29, 0.717) is 19.1 Å². The number of rotatable bonds is 8. The van der Waals surface area contributed by atoms with Crippen molar-refractivity contribution < 1.29 is 14.6 Å². The van der Waals surface area contributed by atoms with Crippen LogP contribution in [0.2, 0.25) is 0 Å². The van der Waals surface area contributed by atoms with Crippen molar-refractivity contribution in [3.63, 3.8) is 0 Å². The molecule has 1 saturated carbocycles. The van der Waals surface area contributed by atoms with Crippen LogP contribution in [0.15, 0.2) is 0 Å². The molecule has 4 nitrogen and oxygen atoms in total. The van der Waals surface area contributed by atoms with Crippen molar-refractivity contribution in [3.05, 3.63) is 0 Å². The Hall–Kier alpha value is -0.160. The Balaban J connectivity index is 1.81. The Morgan fingerprint density at radius 1 is 1.27 bits per heavy atom. The van der Waals surface area contributed by atoms with E-state index in [9.17, 15) is 5.11 Å². The highest BCUT2D eigenvalue weighted by Crippen LogP contribution is 2.24. The van der Waals surface area contributed by atoms with E-state index in [2.05, 4.69) is 5.32 Å². The van der Waals surface area contributed by atoms with Gasteiger partial charge in [-0.2, -0.15) is 0 Å². The first-order chi connectivity index (χ1) is 7.33. The second kappa shape index (κ2) is 8.05. The molecule has 2 N–H and O–H groups in total. The van der Waals surface area contributed by atoms with Crippen molar-refractivity contribution in [1.82, 2.24) is 5.32 Å². The zero-order valence-electron chi connectivity index (χ0n) is 9.58. The van der Waals surface area contributed by atoms with Gasteiger partial charge >= 0.3 is 0 Å². The first kappa shape index (κ1) is 12.9. The number of hydrogen-bond acceptors (Lipinski definition) is 4. The number of aliphatic hydroxyl groups excluding tert-OH is 1. The minimum absolute atomic E-state index is 0.0604. The van der Waals surface area contributed by atoms with E-state index in [1.165, 1.54) is 0 Å². The van der Waals surface area contributed by atoms with Crippen LogP contribution >= 0.6 is 0 Å². The Labute approximate surface area is 92.0 Å². The SMILES string of the molecule is COCCOCCNCC1CCC(O)C1. The highest BCUT2D eigenvalue weighted by molar-refractivity contribution is 4.75. The van der Waals surface area contributed by atoms with Gasteiger partial charge in [0.1, 0.15) is 0 Å². The van der Waals surface area contributed by atoms with Crippen molar-refractivity contribution in [3.8, 4) is 0 Å². The zero-order valence-corrected chi connectivity index (χ0v) is 9.58. The molecule has 15 heavy (non-hydrogen) atoms. The molecule has 0 spiro atoms. The number of ether oxygens (including phenoxy) is 2. The topological polar surface area (TPSA) is 50.7 Å². The van der Waals surface area contributed by atoms with Gasteiger partial charge in [-0.3, -0.25) is 0 Å². The molecule has 1 aliphatic rings. The first-order valence-electron chi connectivity index (χ1n) is 5.78. The van der Waals surface area contributed by atoms with Gasteiger partial charge in [0.2, 0.25) is 0 Å². The lowest BCUT2D eigenvalue weighted by atomic mass is 10.1. The second-order valence-electron chi connectivity index (χ2n) is 4.14. The van der Waals surface area contributed by atoms with E-state index in [0.717, 1.165) is 39.0 Å². The summed E-state index contributed by atoms with van der Waals surface area (Å²) in [6.07, 6.45) is 3.02. The monoisotopic (exact) mass is 217 g/mol. The molecule has 1 fully saturated rings. The summed E-state index contributed by atoms with van der Waals surface area (Å²) in [5, 5.41) is 12.7. The summed E-state index contributed by atoms with van der Waals surface area (Å²) in [6.45, 7) is 3.95. The maximum Gasteiger partial charge on any atom is 0.0700 e. The van der Waals surface area contributed by atoms with E-state index in [-0.39, 0.29) is 6.10 Å². The first-order valence-corrected chi connectivity index (χ1v) is 5.78. The van der Waals surface area contributed by atoms with Crippen molar-refractivity contribution >= 4 is 0 Å². The molecule has 4 heteroatoms. The fourth-order valence-corrected chi connectivity index (χ4v) is 1.93. The maximum absolute atomic E-state index is 9.33. The van der Waals surface area contributed by atoms with Gasteiger partial charge in [0.25, 0.3) is 0 Å². The van der Waals surface area contributed by atoms with Crippen LogP contribution in [-0.4, -0.2) is 51.2 Å². The van der Waals surface area contributed by atoms with E-state index in [4.69, 9.17) is 9.47 Å². The standard InChI is InChI=1S/C11H23NO3/c1-14-6-7-15-5-4-12-9-10-2-3-11(13)8-10/h10-13H,2-9H2,1H3. The van der Waals surface area contributed by atoms with Crippen molar-refractivity contribution in [2.24, 2.45) is 5.92 Å². The average Bonchev–Trinajstić information content (AvgIpc) is 2.63. The summed E-state index contributed by atoms with van der Waals surface area (Å²) in [5.41, 5.74) is 0. The van der Waals surface area contributed by atoms with E-state index < -0.39 is 0 Å². The van der Waals surface area contributed by atoms with Crippen LogP contribution in [0.4, 0.5) is 0 Å². The third-order valence-electron chi connectivity index (χ3n) is 2.80. The number of methoxy groups -OCH3 is 1. The quantitative estimate of drug-likeness (QED) is 0.578.